The topological polar surface area (TPSA) is 29.5 Å². The van der Waals surface area contributed by atoms with Crippen molar-refractivity contribution >= 4 is 6.09 Å². The summed E-state index contributed by atoms with van der Waals surface area (Å²) >= 11 is 0. The van der Waals surface area contributed by atoms with Crippen LogP contribution in [0.2, 0.25) is 0 Å². The van der Waals surface area contributed by atoms with Crippen LogP contribution in [0.5, 0.6) is 0 Å². The maximum Gasteiger partial charge on any atom is 0.410 e. The molecule has 94 valence electrons. The number of nitrogens with zero attached hydrogens (tertiary/aromatic N) is 1. The summed E-state index contributed by atoms with van der Waals surface area (Å²) in [4.78, 5) is 13.0. The fourth-order valence-electron chi connectivity index (χ4n) is 1.58. The van der Waals surface area contributed by atoms with Gasteiger partial charge in [0, 0.05) is 25.4 Å². The number of piperidine rings is 1. The van der Waals surface area contributed by atoms with Gasteiger partial charge in [-0.2, -0.15) is 0 Å². The Labute approximate surface area is 94.7 Å². The predicted molar refractivity (Wildman–Crippen MR) is 56.5 cm³/mol. The van der Waals surface area contributed by atoms with Gasteiger partial charge >= 0.3 is 6.09 Å². The Hall–Kier alpha value is -0.870. The summed E-state index contributed by atoms with van der Waals surface area (Å²) in [6.07, 6.45) is -0.789. The van der Waals surface area contributed by atoms with Gasteiger partial charge in [-0.1, -0.05) is 6.92 Å². The Kier molecular flexibility index (Phi) is 3.45. The molecule has 0 unspecified atom stereocenters. The number of likely N-dealkylation sites (tertiary alicyclic amines) is 1. The summed E-state index contributed by atoms with van der Waals surface area (Å²) in [6.45, 7) is 6.84. The molecule has 1 aliphatic rings. The lowest BCUT2D eigenvalue weighted by atomic mass is 9.96. The normalized spacial score (nSPS) is 25.4. The van der Waals surface area contributed by atoms with Gasteiger partial charge in [-0.3, -0.25) is 0 Å². The second-order valence-corrected chi connectivity index (χ2v) is 5.34. The molecule has 1 rings (SSSR count). The van der Waals surface area contributed by atoms with Crippen LogP contribution in [0.25, 0.3) is 0 Å². The molecule has 1 saturated heterocycles. The molecule has 0 aliphatic carbocycles. The standard InChI is InChI=1S/C11H19F2NO2/c1-8-7-14(6-5-11(8,12)13)9(15)16-10(2,3)4/h8H,5-7H2,1-4H3/t8-/m0/s1. The Morgan fingerprint density at radius 1 is 1.44 bits per heavy atom. The second-order valence-electron chi connectivity index (χ2n) is 5.34. The van der Waals surface area contributed by atoms with Crippen LogP contribution >= 0.6 is 0 Å². The molecular weight excluding hydrogens is 216 g/mol. The summed E-state index contributed by atoms with van der Waals surface area (Å²) in [7, 11) is 0. The van der Waals surface area contributed by atoms with E-state index < -0.39 is 23.5 Å². The van der Waals surface area contributed by atoms with E-state index in [2.05, 4.69) is 0 Å². The fourth-order valence-corrected chi connectivity index (χ4v) is 1.58. The third-order valence-corrected chi connectivity index (χ3v) is 2.58. The number of carbonyl (C=O) groups is 1. The van der Waals surface area contributed by atoms with Crippen LogP contribution in [0.4, 0.5) is 13.6 Å². The first kappa shape index (κ1) is 13.2. The van der Waals surface area contributed by atoms with E-state index in [1.165, 1.54) is 11.8 Å². The first-order valence-corrected chi connectivity index (χ1v) is 5.47. The molecule has 3 nitrogen and oxygen atoms in total. The van der Waals surface area contributed by atoms with E-state index in [-0.39, 0.29) is 19.5 Å². The molecule has 0 aromatic heterocycles. The van der Waals surface area contributed by atoms with E-state index >= 15 is 0 Å². The van der Waals surface area contributed by atoms with Crippen LogP contribution in [0.1, 0.15) is 34.1 Å². The van der Waals surface area contributed by atoms with E-state index in [4.69, 9.17) is 4.74 Å². The molecule has 1 amide bonds. The Morgan fingerprint density at radius 3 is 2.44 bits per heavy atom. The third-order valence-electron chi connectivity index (χ3n) is 2.58. The Morgan fingerprint density at radius 2 is 2.00 bits per heavy atom. The van der Waals surface area contributed by atoms with Gasteiger partial charge in [0.1, 0.15) is 5.60 Å². The quantitative estimate of drug-likeness (QED) is 0.646. The molecule has 1 aliphatic heterocycles. The van der Waals surface area contributed by atoms with Crippen molar-refractivity contribution in [1.29, 1.82) is 0 Å². The van der Waals surface area contributed by atoms with Crippen molar-refractivity contribution in [2.75, 3.05) is 13.1 Å². The first-order valence-electron chi connectivity index (χ1n) is 5.47. The molecule has 1 atom stereocenters. The molecule has 5 heteroatoms. The van der Waals surface area contributed by atoms with Crippen LogP contribution in [0, 0.1) is 5.92 Å². The second kappa shape index (κ2) is 4.18. The smallest absolute Gasteiger partial charge is 0.410 e. The summed E-state index contributed by atoms with van der Waals surface area (Å²) in [5, 5.41) is 0. The van der Waals surface area contributed by atoms with E-state index in [1.54, 1.807) is 20.8 Å². The monoisotopic (exact) mass is 235 g/mol. The van der Waals surface area contributed by atoms with Crippen molar-refractivity contribution in [3.05, 3.63) is 0 Å². The van der Waals surface area contributed by atoms with Gasteiger partial charge in [0.05, 0.1) is 0 Å². The van der Waals surface area contributed by atoms with Gasteiger partial charge in [0.15, 0.2) is 0 Å². The highest BCUT2D eigenvalue weighted by Crippen LogP contribution is 2.33. The lowest BCUT2D eigenvalue weighted by Gasteiger charge is -2.37. The molecule has 0 radical (unpaired) electrons. The minimum Gasteiger partial charge on any atom is -0.444 e. The maximum atomic E-state index is 13.2. The SMILES string of the molecule is C[C@H]1CN(C(=O)OC(C)(C)C)CCC1(F)F. The van der Waals surface area contributed by atoms with Gasteiger partial charge in [-0.25, -0.2) is 13.6 Å². The van der Waals surface area contributed by atoms with E-state index in [1.807, 2.05) is 0 Å². The number of rotatable bonds is 0. The molecule has 1 heterocycles. The predicted octanol–water partition coefficient (Wildman–Crippen LogP) is 2.90. The van der Waals surface area contributed by atoms with Crippen LogP contribution in [0.15, 0.2) is 0 Å². The number of alkyl halides is 2. The molecule has 0 N–H and O–H groups in total. The molecule has 0 aromatic rings. The fraction of sp³-hybridized carbons (Fsp3) is 0.909. The van der Waals surface area contributed by atoms with Crippen LogP contribution < -0.4 is 0 Å². The molecule has 0 aromatic carbocycles. The van der Waals surface area contributed by atoms with Crippen molar-refractivity contribution < 1.29 is 18.3 Å². The molecule has 0 saturated carbocycles. The van der Waals surface area contributed by atoms with Crippen LogP contribution in [-0.2, 0) is 4.74 Å². The van der Waals surface area contributed by atoms with E-state index in [0.29, 0.717) is 0 Å². The summed E-state index contributed by atoms with van der Waals surface area (Å²) in [5.41, 5.74) is -0.583. The molecular formula is C11H19F2NO2. The zero-order chi connectivity index (χ0) is 12.6. The Balaban J connectivity index is 2.55. The zero-order valence-corrected chi connectivity index (χ0v) is 10.2. The minimum absolute atomic E-state index is 0.0575. The number of ether oxygens (including phenoxy) is 1. The number of carbonyl (C=O) groups excluding carboxylic acids is 1. The molecule has 0 spiro atoms. The van der Waals surface area contributed by atoms with E-state index in [9.17, 15) is 13.6 Å². The maximum absolute atomic E-state index is 13.2. The van der Waals surface area contributed by atoms with Crippen LogP contribution in [-0.4, -0.2) is 35.6 Å². The summed E-state index contributed by atoms with van der Waals surface area (Å²) < 4.78 is 31.5. The van der Waals surface area contributed by atoms with E-state index in [0.717, 1.165) is 0 Å². The van der Waals surface area contributed by atoms with Gasteiger partial charge in [-0.05, 0) is 20.8 Å². The number of hydrogen-bond acceptors (Lipinski definition) is 2. The van der Waals surface area contributed by atoms with Gasteiger partial charge in [0.2, 0.25) is 0 Å². The number of amides is 1. The van der Waals surface area contributed by atoms with Gasteiger partial charge in [0.25, 0.3) is 5.92 Å². The highest BCUT2D eigenvalue weighted by Gasteiger charge is 2.43. The van der Waals surface area contributed by atoms with Crippen molar-refractivity contribution in [2.45, 2.75) is 45.6 Å². The molecule has 0 bridgehead atoms. The molecule has 1 fully saturated rings. The van der Waals surface area contributed by atoms with Crippen molar-refractivity contribution in [3.8, 4) is 0 Å². The highest BCUT2D eigenvalue weighted by molar-refractivity contribution is 5.68. The van der Waals surface area contributed by atoms with Gasteiger partial charge in [-0.15, -0.1) is 0 Å². The molecule has 16 heavy (non-hydrogen) atoms. The first-order chi connectivity index (χ1) is 7.12. The minimum atomic E-state index is -2.67. The van der Waals surface area contributed by atoms with Crippen molar-refractivity contribution in [1.82, 2.24) is 4.90 Å². The summed E-state index contributed by atoms with van der Waals surface area (Å²) in [5.74, 6) is -3.48. The zero-order valence-electron chi connectivity index (χ0n) is 10.2. The summed E-state index contributed by atoms with van der Waals surface area (Å²) in [6, 6.07) is 0. The number of halogens is 2. The van der Waals surface area contributed by atoms with Gasteiger partial charge < -0.3 is 9.64 Å². The number of hydrogen-bond donors (Lipinski definition) is 0. The lowest BCUT2D eigenvalue weighted by molar-refractivity contribution is -0.0984. The average Bonchev–Trinajstić information content (AvgIpc) is 2.06. The Bertz CT molecular complexity index is 274. The van der Waals surface area contributed by atoms with Crippen molar-refractivity contribution in [2.24, 2.45) is 5.92 Å². The highest BCUT2D eigenvalue weighted by atomic mass is 19.3. The third kappa shape index (κ3) is 3.32. The van der Waals surface area contributed by atoms with Crippen LogP contribution in [0.3, 0.4) is 0 Å². The largest absolute Gasteiger partial charge is 0.444 e. The van der Waals surface area contributed by atoms with Crippen molar-refractivity contribution in [3.63, 3.8) is 0 Å². The average molecular weight is 235 g/mol. The lowest BCUT2D eigenvalue weighted by Crippen LogP contribution is -2.49.